The van der Waals surface area contributed by atoms with Crippen LogP contribution in [0.15, 0.2) is 24.3 Å². The van der Waals surface area contributed by atoms with Crippen molar-refractivity contribution in [2.24, 2.45) is 0 Å². The van der Waals surface area contributed by atoms with Gasteiger partial charge in [-0.05, 0) is 37.5 Å². The van der Waals surface area contributed by atoms with Crippen LogP contribution in [0, 0.1) is 0 Å². The minimum atomic E-state index is 0.108. The van der Waals surface area contributed by atoms with E-state index in [-0.39, 0.29) is 6.03 Å². The van der Waals surface area contributed by atoms with Crippen LogP contribution in [0.1, 0.15) is 31.4 Å². The van der Waals surface area contributed by atoms with Gasteiger partial charge in [-0.3, -0.25) is 4.90 Å². The zero-order valence-electron chi connectivity index (χ0n) is 12.4. The smallest absolute Gasteiger partial charge is 0.317 e. The number of halogens is 1. The molecule has 1 aromatic carbocycles. The molecule has 0 saturated carbocycles. The van der Waals surface area contributed by atoms with Gasteiger partial charge in [-0.1, -0.05) is 23.7 Å². The lowest BCUT2D eigenvalue weighted by Crippen LogP contribution is -2.46. The third-order valence-corrected chi connectivity index (χ3v) is 4.94. The van der Waals surface area contributed by atoms with Crippen LogP contribution < -0.4 is 5.32 Å². The second kappa shape index (κ2) is 6.24. The Bertz CT molecular complexity index is 514. The molecule has 2 aliphatic heterocycles. The number of rotatable bonds is 3. The van der Waals surface area contributed by atoms with Crippen LogP contribution in [-0.2, 0) is 0 Å². The highest BCUT2D eigenvalue weighted by Crippen LogP contribution is 2.27. The quantitative estimate of drug-likeness (QED) is 0.932. The second-order valence-electron chi connectivity index (χ2n) is 5.92. The summed E-state index contributed by atoms with van der Waals surface area (Å²) in [5, 5.41) is 3.69. The minimum absolute atomic E-state index is 0.108. The summed E-state index contributed by atoms with van der Waals surface area (Å²) in [6.07, 6.45) is 2.11. The maximum Gasteiger partial charge on any atom is 0.317 e. The fourth-order valence-electron chi connectivity index (χ4n) is 3.40. The zero-order chi connectivity index (χ0) is 14.8. The van der Waals surface area contributed by atoms with E-state index in [1.165, 1.54) is 5.56 Å². The first-order valence-electron chi connectivity index (χ1n) is 7.69. The summed E-state index contributed by atoms with van der Waals surface area (Å²) in [5.41, 5.74) is 1.26. The van der Waals surface area contributed by atoms with Gasteiger partial charge in [0.25, 0.3) is 0 Å². The topological polar surface area (TPSA) is 35.6 Å². The number of nitrogens with one attached hydrogen (secondary N) is 1. The second-order valence-corrected chi connectivity index (χ2v) is 6.36. The van der Waals surface area contributed by atoms with Crippen LogP contribution >= 0.6 is 11.6 Å². The van der Waals surface area contributed by atoms with E-state index in [1.54, 1.807) is 0 Å². The monoisotopic (exact) mass is 307 g/mol. The van der Waals surface area contributed by atoms with E-state index >= 15 is 0 Å². The van der Waals surface area contributed by atoms with Crippen molar-refractivity contribution >= 4 is 17.6 Å². The van der Waals surface area contributed by atoms with Gasteiger partial charge in [0.2, 0.25) is 0 Å². The van der Waals surface area contributed by atoms with Crippen LogP contribution in [-0.4, -0.2) is 48.1 Å². The third kappa shape index (κ3) is 3.16. The Balaban J connectivity index is 1.59. The lowest BCUT2D eigenvalue weighted by Gasteiger charge is -2.39. The highest BCUT2D eigenvalue weighted by molar-refractivity contribution is 6.30. The van der Waals surface area contributed by atoms with Gasteiger partial charge in [-0.15, -0.1) is 0 Å². The summed E-state index contributed by atoms with van der Waals surface area (Å²) in [7, 11) is 0. The maximum atomic E-state index is 11.7. The molecule has 1 unspecified atom stereocenters. The van der Waals surface area contributed by atoms with Crippen LogP contribution in [0.4, 0.5) is 4.79 Å². The lowest BCUT2D eigenvalue weighted by molar-refractivity contribution is 0.111. The van der Waals surface area contributed by atoms with Crippen molar-refractivity contribution < 1.29 is 4.79 Å². The molecular formula is C16H22ClN3O. The highest BCUT2D eigenvalue weighted by atomic mass is 35.5. The normalized spacial score (nSPS) is 22.4. The maximum absolute atomic E-state index is 11.7. The molecule has 0 bridgehead atoms. The molecule has 0 spiro atoms. The number of likely N-dealkylation sites (tertiary alicyclic amines) is 1. The number of carbonyl (C=O) groups excluding carboxylic acids is 1. The fraction of sp³-hybridized carbons (Fsp3) is 0.562. The number of urea groups is 1. The summed E-state index contributed by atoms with van der Waals surface area (Å²) in [6.45, 7) is 5.93. The fourth-order valence-corrected chi connectivity index (χ4v) is 3.60. The van der Waals surface area contributed by atoms with Gasteiger partial charge < -0.3 is 10.2 Å². The number of hydrogen-bond acceptors (Lipinski definition) is 2. The molecule has 1 aromatic rings. The predicted molar refractivity (Wildman–Crippen MR) is 84.6 cm³/mol. The predicted octanol–water partition coefficient (Wildman–Crippen LogP) is 2.89. The van der Waals surface area contributed by atoms with E-state index in [2.05, 4.69) is 23.2 Å². The molecule has 3 rings (SSSR count). The molecule has 2 saturated heterocycles. The average Bonchev–Trinajstić information content (AvgIpc) is 2.93. The molecule has 1 N–H and O–H groups in total. The number of benzene rings is 1. The van der Waals surface area contributed by atoms with E-state index in [0.29, 0.717) is 12.1 Å². The van der Waals surface area contributed by atoms with Gasteiger partial charge in [-0.25, -0.2) is 4.79 Å². The molecule has 2 aliphatic rings. The number of carbonyl (C=O) groups is 1. The molecule has 2 heterocycles. The first kappa shape index (κ1) is 14.7. The Morgan fingerprint density at radius 3 is 2.67 bits per heavy atom. The Hall–Kier alpha value is -1.26. The average molecular weight is 308 g/mol. The van der Waals surface area contributed by atoms with E-state index in [4.69, 9.17) is 11.6 Å². The van der Waals surface area contributed by atoms with Crippen LogP contribution in [0.3, 0.4) is 0 Å². The molecule has 2 amide bonds. The van der Waals surface area contributed by atoms with Crippen LogP contribution in [0.25, 0.3) is 0 Å². The van der Waals surface area contributed by atoms with Crippen molar-refractivity contribution in [2.75, 3.05) is 26.2 Å². The lowest BCUT2D eigenvalue weighted by atomic mass is 9.99. The van der Waals surface area contributed by atoms with Crippen LogP contribution in [0.2, 0.25) is 5.02 Å². The Kier molecular flexibility index (Phi) is 4.36. The van der Waals surface area contributed by atoms with Gasteiger partial charge in [0.1, 0.15) is 0 Å². The summed E-state index contributed by atoms with van der Waals surface area (Å²) in [4.78, 5) is 16.2. The van der Waals surface area contributed by atoms with E-state index < -0.39 is 0 Å². The van der Waals surface area contributed by atoms with Crippen molar-refractivity contribution in [3.63, 3.8) is 0 Å². The third-order valence-electron chi connectivity index (χ3n) is 4.71. The summed E-state index contributed by atoms with van der Waals surface area (Å²) < 4.78 is 0. The molecule has 1 atom stereocenters. The van der Waals surface area contributed by atoms with Crippen molar-refractivity contribution in [1.82, 2.24) is 15.1 Å². The molecule has 114 valence electrons. The van der Waals surface area contributed by atoms with Crippen molar-refractivity contribution in [2.45, 2.75) is 31.8 Å². The van der Waals surface area contributed by atoms with E-state index in [0.717, 1.165) is 44.0 Å². The van der Waals surface area contributed by atoms with Crippen molar-refractivity contribution in [3.8, 4) is 0 Å². The molecular weight excluding hydrogens is 286 g/mol. The molecule has 2 fully saturated rings. The Labute approximate surface area is 131 Å². The number of hydrogen-bond donors (Lipinski definition) is 1. The van der Waals surface area contributed by atoms with Gasteiger partial charge in [-0.2, -0.15) is 0 Å². The molecule has 0 radical (unpaired) electrons. The molecule has 0 aromatic heterocycles. The molecule has 4 nitrogen and oxygen atoms in total. The molecule has 0 aliphatic carbocycles. The highest BCUT2D eigenvalue weighted by Gasteiger charge is 2.31. The Morgan fingerprint density at radius 2 is 2.05 bits per heavy atom. The molecule has 5 heteroatoms. The summed E-state index contributed by atoms with van der Waals surface area (Å²) in [5.74, 6) is 0. The first-order valence-corrected chi connectivity index (χ1v) is 8.07. The van der Waals surface area contributed by atoms with Gasteiger partial charge >= 0.3 is 6.03 Å². The number of amides is 2. The Morgan fingerprint density at radius 1 is 1.29 bits per heavy atom. The van der Waals surface area contributed by atoms with Crippen molar-refractivity contribution in [1.29, 1.82) is 0 Å². The number of nitrogens with zero attached hydrogens (tertiary/aromatic N) is 2. The van der Waals surface area contributed by atoms with Gasteiger partial charge in [0.15, 0.2) is 0 Å². The summed E-state index contributed by atoms with van der Waals surface area (Å²) in [6, 6.07) is 8.98. The first-order chi connectivity index (χ1) is 10.1. The largest absolute Gasteiger partial charge is 0.336 e. The summed E-state index contributed by atoms with van der Waals surface area (Å²) >= 11 is 6.08. The zero-order valence-corrected chi connectivity index (χ0v) is 13.1. The van der Waals surface area contributed by atoms with E-state index in [1.807, 2.05) is 23.1 Å². The van der Waals surface area contributed by atoms with Gasteiger partial charge in [0, 0.05) is 43.3 Å². The van der Waals surface area contributed by atoms with E-state index in [9.17, 15) is 4.79 Å². The van der Waals surface area contributed by atoms with Crippen LogP contribution in [0.5, 0.6) is 0 Å². The van der Waals surface area contributed by atoms with Crippen molar-refractivity contribution in [3.05, 3.63) is 34.9 Å². The molecule has 21 heavy (non-hydrogen) atoms. The standard InChI is InChI=1S/C16H22ClN3O/c1-12(13-3-2-4-14(17)11-13)19-8-5-15(6-9-19)20-10-7-18-16(20)21/h2-4,11-12,15H,5-10H2,1H3,(H,18,21). The SMILES string of the molecule is CC(c1cccc(Cl)c1)N1CCC(N2CCNC2=O)CC1. The number of piperidine rings is 1. The minimum Gasteiger partial charge on any atom is -0.336 e. The van der Waals surface area contributed by atoms with Gasteiger partial charge in [0.05, 0.1) is 0 Å².